The van der Waals surface area contributed by atoms with Crippen LogP contribution in [0.3, 0.4) is 0 Å². The van der Waals surface area contributed by atoms with Crippen molar-refractivity contribution in [3.05, 3.63) is 57.5 Å². The second-order valence-electron chi connectivity index (χ2n) is 7.06. The highest BCUT2D eigenvalue weighted by atomic mass is 79.9. The molecule has 0 radical (unpaired) electrons. The standard InChI is InChI=1S/C20H19BrClNO5/c1-20(2,3)17(24)16(28-13-7-4-11(5-8-13)19(26)27)18(25)23-15-9-6-12(21)10-14(15)22/h4-10,16H,1-3H3,(H,23,25)(H,26,27). The van der Waals surface area contributed by atoms with Crippen LogP contribution < -0.4 is 10.1 Å². The fourth-order valence-corrected chi connectivity index (χ4v) is 2.94. The fourth-order valence-electron chi connectivity index (χ4n) is 2.22. The lowest BCUT2D eigenvalue weighted by molar-refractivity contribution is -0.140. The molecule has 28 heavy (non-hydrogen) atoms. The Balaban J connectivity index is 2.29. The topological polar surface area (TPSA) is 92.7 Å². The van der Waals surface area contributed by atoms with Gasteiger partial charge in [-0.3, -0.25) is 9.59 Å². The maximum atomic E-state index is 12.8. The first-order valence-electron chi connectivity index (χ1n) is 8.29. The molecule has 1 amide bonds. The summed E-state index contributed by atoms with van der Waals surface area (Å²) in [6.07, 6.45) is -1.43. The molecule has 8 heteroatoms. The number of ketones is 1. The van der Waals surface area contributed by atoms with Gasteiger partial charge in [0.05, 0.1) is 16.3 Å². The average Bonchev–Trinajstić information content (AvgIpc) is 2.61. The van der Waals surface area contributed by atoms with Gasteiger partial charge in [0.25, 0.3) is 5.91 Å². The van der Waals surface area contributed by atoms with E-state index in [9.17, 15) is 14.4 Å². The van der Waals surface area contributed by atoms with Crippen molar-refractivity contribution in [2.24, 2.45) is 5.41 Å². The molecule has 2 rings (SSSR count). The molecule has 0 fully saturated rings. The van der Waals surface area contributed by atoms with Gasteiger partial charge in [0.2, 0.25) is 6.10 Å². The minimum Gasteiger partial charge on any atom is -0.478 e. The Kier molecular flexibility index (Phi) is 6.85. The molecule has 2 aromatic carbocycles. The molecule has 1 unspecified atom stereocenters. The predicted molar refractivity (Wildman–Crippen MR) is 110 cm³/mol. The largest absolute Gasteiger partial charge is 0.478 e. The number of nitrogens with one attached hydrogen (secondary N) is 1. The quantitative estimate of drug-likeness (QED) is 0.594. The van der Waals surface area contributed by atoms with Gasteiger partial charge in [-0.05, 0) is 42.5 Å². The van der Waals surface area contributed by atoms with Crippen molar-refractivity contribution in [2.75, 3.05) is 5.32 Å². The van der Waals surface area contributed by atoms with Crippen LogP contribution in [0, 0.1) is 5.41 Å². The predicted octanol–water partition coefficient (Wildman–Crippen LogP) is 4.80. The molecule has 0 aromatic heterocycles. The maximum absolute atomic E-state index is 12.8. The molecular formula is C20H19BrClNO5. The molecule has 0 aliphatic carbocycles. The summed E-state index contributed by atoms with van der Waals surface area (Å²) in [7, 11) is 0. The Morgan fingerprint density at radius 2 is 1.71 bits per heavy atom. The second-order valence-corrected chi connectivity index (χ2v) is 8.38. The number of ether oxygens (including phenoxy) is 1. The van der Waals surface area contributed by atoms with Crippen LogP contribution in [0.2, 0.25) is 5.02 Å². The van der Waals surface area contributed by atoms with Crippen LogP contribution in [-0.2, 0) is 9.59 Å². The van der Waals surface area contributed by atoms with Gasteiger partial charge in [-0.2, -0.15) is 0 Å². The summed E-state index contributed by atoms with van der Waals surface area (Å²) in [6.45, 7) is 5.04. The third kappa shape index (κ3) is 5.56. The van der Waals surface area contributed by atoms with Crippen LogP contribution in [0.5, 0.6) is 5.75 Å². The number of halogens is 2. The highest BCUT2D eigenvalue weighted by molar-refractivity contribution is 9.10. The first-order valence-corrected chi connectivity index (χ1v) is 9.46. The lowest BCUT2D eigenvalue weighted by Gasteiger charge is -2.25. The number of carbonyl (C=O) groups excluding carboxylic acids is 2. The zero-order valence-electron chi connectivity index (χ0n) is 15.5. The van der Waals surface area contributed by atoms with Crippen molar-refractivity contribution in [1.29, 1.82) is 0 Å². The van der Waals surface area contributed by atoms with Gasteiger partial charge in [-0.1, -0.05) is 48.3 Å². The minimum atomic E-state index is -1.43. The second kappa shape index (κ2) is 8.75. The lowest BCUT2D eigenvalue weighted by atomic mass is 9.87. The Hall–Kier alpha value is -2.38. The van der Waals surface area contributed by atoms with Gasteiger partial charge in [0.1, 0.15) is 5.75 Å². The van der Waals surface area contributed by atoms with Gasteiger partial charge in [0, 0.05) is 9.89 Å². The van der Waals surface area contributed by atoms with Crippen molar-refractivity contribution in [3.63, 3.8) is 0 Å². The van der Waals surface area contributed by atoms with Gasteiger partial charge in [0.15, 0.2) is 5.78 Å². The van der Waals surface area contributed by atoms with Crippen LogP contribution in [-0.4, -0.2) is 28.9 Å². The van der Waals surface area contributed by atoms with Gasteiger partial charge < -0.3 is 15.2 Å². The van der Waals surface area contributed by atoms with E-state index in [1.54, 1.807) is 39.0 Å². The van der Waals surface area contributed by atoms with E-state index in [1.165, 1.54) is 24.3 Å². The van der Waals surface area contributed by atoms with E-state index in [4.69, 9.17) is 21.4 Å². The molecule has 0 spiro atoms. The lowest BCUT2D eigenvalue weighted by Crippen LogP contribution is -2.45. The van der Waals surface area contributed by atoms with Crippen molar-refractivity contribution in [1.82, 2.24) is 0 Å². The van der Waals surface area contributed by atoms with Crippen molar-refractivity contribution in [2.45, 2.75) is 26.9 Å². The average molecular weight is 469 g/mol. The molecular weight excluding hydrogens is 450 g/mol. The number of carboxylic acid groups (broad SMARTS) is 1. The van der Waals surface area contributed by atoms with Crippen LogP contribution >= 0.6 is 27.5 Å². The summed E-state index contributed by atoms with van der Waals surface area (Å²) in [5.74, 6) is -1.99. The van der Waals surface area contributed by atoms with Gasteiger partial charge >= 0.3 is 5.97 Å². The summed E-state index contributed by atoms with van der Waals surface area (Å²) in [6, 6.07) is 10.4. The van der Waals surface area contributed by atoms with E-state index < -0.39 is 29.2 Å². The number of rotatable bonds is 6. The van der Waals surface area contributed by atoms with Crippen LogP contribution in [0.4, 0.5) is 5.69 Å². The first kappa shape index (κ1) is 21.9. The van der Waals surface area contributed by atoms with E-state index in [-0.39, 0.29) is 11.3 Å². The molecule has 0 aliphatic rings. The zero-order chi connectivity index (χ0) is 21.1. The minimum absolute atomic E-state index is 0.0668. The zero-order valence-corrected chi connectivity index (χ0v) is 17.8. The Morgan fingerprint density at radius 1 is 1.11 bits per heavy atom. The van der Waals surface area contributed by atoms with Crippen molar-refractivity contribution >= 4 is 50.9 Å². The molecule has 0 saturated carbocycles. The van der Waals surface area contributed by atoms with Crippen LogP contribution in [0.15, 0.2) is 46.9 Å². The number of Topliss-reactive ketones (excluding diaryl/α,β-unsaturated/α-hetero) is 1. The number of carbonyl (C=O) groups is 3. The monoisotopic (exact) mass is 467 g/mol. The third-order valence-electron chi connectivity index (χ3n) is 3.76. The van der Waals surface area contributed by atoms with Gasteiger partial charge in [-0.15, -0.1) is 0 Å². The van der Waals surface area contributed by atoms with E-state index in [0.29, 0.717) is 10.7 Å². The highest BCUT2D eigenvalue weighted by Gasteiger charge is 2.37. The Morgan fingerprint density at radius 3 is 2.21 bits per heavy atom. The molecule has 0 aliphatic heterocycles. The summed E-state index contributed by atoms with van der Waals surface area (Å²) >= 11 is 9.41. The normalized spacial score (nSPS) is 12.2. The van der Waals surface area contributed by atoms with E-state index >= 15 is 0 Å². The molecule has 0 heterocycles. The molecule has 148 valence electrons. The number of carboxylic acids is 1. The number of aromatic carboxylic acids is 1. The number of hydrogen-bond donors (Lipinski definition) is 2. The summed E-state index contributed by atoms with van der Waals surface area (Å²) in [5, 5.41) is 11.9. The van der Waals surface area contributed by atoms with E-state index in [0.717, 1.165) is 4.47 Å². The maximum Gasteiger partial charge on any atom is 0.335 e. The van der Waals surface area contributed by atoms with Crippen molar-refractivity contribution in [3.8, 4) is 5.75 Å². The van der Waals surface area contributed by atoms with E-state index in [2.05, 4.69) is 21.2 Å². The summed E-state index contributed by atoms with van der Waals surface area (Å²) < 4.78 is 6.37. The highest BCUT2D eigenvalue weighted by Crippen LogP contribution is 2.27. The number of hydrogen-bond acceptors (Lipinski definition) is 4. The van der Waals surface area contributed by atoms with Crippen LogP contribution in [0.25, 0.3) is 0 Å². The van der Waals surface area contributed by atoms with Gasteiger partial charge in [-0.25, -0.2) is 4.79 Å². The molecule has 6 nitrogen and oxygen atoms in total. The molecule has 0 saturated heterocycles. The molecule has 2 aromatic rings. The smallest absolute Gasteiger partial charge is 0.335 e. The number of benzene rings is 2. The molecule has 0 bridgehead atoms. The summed E-state index contributed by atoms with van der Waals surface area (Å²) in [4.78, 5) is 36.6. The number of amides is 1. The first-order chi connectivity index (χ1) is 13.0. The summed E-state index contributed by atoms with van der Waals surface area (Å²) in [5.41, 5.74) is -0.435. The fraction of sp³-hybridized carbons (Fsp3) is 0.250. The molecule has 2 N–H and O–H groups in total. The van der Waals surface area contributed by atoms with Crippen molar-refractivity contribution < 1.29 is 24.2 Å². The SMILES string of the molecule is CC(C)(C)C(=O)C(Oc1ccc(C(=O)O)cc1)C(=O)Nc1ccc(Br)cc1Cl. The Bertz CT molecular complexity index is 906. The van der Waals surface area contributed by atoms with E-state index in [1.807, 2.05) is 0 Å². The Labute approximate surface area is 176 Å². The number of anilines is 1. The molecule has 1 atom stereocenters. The third-order valence-corrected chi connectivity index (χ3v) is 4.57. The van der Waals surface area contributed by atoms with Crippen LogP contribution in [0.1, 0.15) is 31.1 Å².